The van der Waals surface area contributed by atoms with E-state index >= 15 is 0 Å². The van der Waals surface area contributed by atoms with Crippen LogP contribution in [0.1, 0.15) is 35.0 Å². The number of hydrogen-bond acceptors (Lipinski definition) is 4. The molecule has 28 heavy (non-hydrogen) atoms. The molecule has 4 rings (SSSR count). The van der Waals surface area contributed by atoms with E-state index in [-0.39, 0.29) is 30.2 Å². The number of aromatic nitrogens is 1. The van der Waals surface area contributed by atoms with Gasteiger partial charge in [-0.25, -0.2) is 4.39 Å². The lowest BCUT2D eigenvalue weighted by molar-refractivity contribution is -0.130. The smallest absolute Gasteiger partial charge is 0.222 e. The van der Waals surface area contributed by atoms with Gasteiger partial charge < -0.3 is 9.42 Å². The van der Waals surface area contributed by atoms with Crippen LogP contribution in [-0.4, -0.2) is 47.5 Å². The average molecular weight is 408 g/mol. The lowest BCUT2D eigenvalue weighted by Crippen LogP contribution is -2.33. The molecule has 0 N–H and O–H groups in total. The SMILES string of the molecule is Cc1noc(C)c1CCC(=O)N1C[C@@H]2CN(C)[C@@H](c3cccc(F)c3)[C@@H]2C1.Cl. The Kier molecular flexibility index (Phi) is 6.10. The number of aryl methyl sites for hydroxylation is 2. The third-order valence-corrected chi connectivity index (χ3v) is 6.21. The van der Waals surface area contributed by atoms with E-state index < -0.39 is 0 Å². The number of carbonyl (C=O) groups excluding carboxylic acids is 1. The van der Waals surface area contributed by atoms with Crippen molar-refractivity contribution in [2.75, 3.05) is 26.7 Å². The summed E-state index contributed by atoms with van der Waals surface area (Å²) in [6.45, 7) is 6.28. The minimum Gasteiger partial charge on any atom is -0.361 e. The fourth-order valence-electron chi connectivity index (χ4n) is 4.90. The molecule has 2 aliphatic heterocycles. The second kappa shape index (κ2) is 8.21. The van der Waals surface area contributed by atoms with Gasteiger partial charge in [-0.05, 0) is 50.9 Å². The molecule has 0 radical (unpaired) electrons. The predicted octanol–water partition coefficient (Wildman–Crippen LogP) is 3.55. The van der Waals surface area contributed by atoms with Crippen LogP contribution in [0.2, 0.25) is 0 Å². The van der Waals surface area contributed by atoms with Crippen LogP contribution in [0.25, 0.3) is 0 Å². The summed E-state index contributed by atoms with van der Waals surface area (Å²) in [5.74, 6) is 1.59. The molecule has 0 saturated carbocycles. The van der Waals surface area contributed by atoms with E-state index in [0.717, 1.165) is 42.2 Å². The molecule has 2 saturated heterocycles. The Morgan fingerprint density at radius 1 is 1.29 bits per heavy atom. The summed E-state index contributed by atoms with van der Waals surface area (Å²) in [4.78, 5) is 17.1. The summed E-state index contributed by atoms with van der Waals surface area (Å²) in [6, 6.07) is 7.05. The summed E-state index contributed by atoms with van der Waals surface area (Å²) in [7, 11) is 2.09. The predicted molar refractivity (Wildman–Crippen MR) is 107 cm³/mol. The van der Waals surface area contributed by atoms with E-state index in [1.54, 1.807) is 12.1 Å². The molecule has 3 atom stereocenters. The van der Waals surface area contributed by atoms with Gasteiger partial charge in [0.15, 0.2) is 0 Å². The first-order chi connectivity index (χ1) is 12.9. The second-order valence-corrected chi connectivity index (χ2v) is 7.96. The highest BCUT2D eigenvalue weighted by atomic mass is 35.5. The number of halogens is 2. The highest BCUT2D eigenvalue weighted by molar-refractivity contribution is 5.85. The van der Waals surface area contributed by atoms with Gasteiger partial charge in [0.2, 0.25) is 5.91 Å². The van der Waals surface area contributed by atoms with E-state index in [0.29, 0.717) is 24.7 Å². The van der Waals surface area contributed by atoms with Crippen LogP contribution in [0, 0.1) is 31.5 Å². The Bertz CT molecular complexity index is 836. The Labute approximate surface area is 171 Å². The van der Waals surface area contributed by atoms with Crippen LogP contribution in [0.15, 0.2) is 28.8 Å². The largest absolute Gasteiger partial charge is 0.361 e. The van der Waals surface area contributed by atoms with Gasteiger partial charge in [-0.2, -0.15) is 0 Å². The van der Waals surface area contributed by atoms with Crippen LogP contribution >= 0.6 is 12.4 Å². The van der Waals surface area contributed by atoms with Gasteiger partial charge in [0.25, 0.3) is 0 Å². The van der Waals surface area contributed by atoms with Gasteiger partial charge >= 0.3 is 0 Å². The monoisotopic (exact) mass is 407 g/mol. The first kappa shape index (κ1) is 20.8. The minimum absolute atomic E-state index is 0. The first-order valence-electron chi connectivity index (χ1n) is 9.59. The number of hydrogen-bond donors (Lipinski definition) is 0. The summed E-state index contributed by atoms with van der Waals surface area (Å²) in [5, 5.41) is 3.96. The summed E-state index contributed by atoms with van der Waals surface area (Å²) < 4.78 is 18.9. The number of carbonyl (C=O) groups is 1. The van der Waals surface area contributed by atoms with Crippen molar-refractivity contribution < 1.29 is 13.7 Å². The minimum atomic E-state index is -0.199. The van der Waals surface area contributed by atoms with Crippen LogP contribution in [0.5, 0.6) is 0 Å². The van der Waals surface area contributed by atoms with Crippen molar-refractivity contribution >= 4 is 18.3 Å². The van der Waals surface area contributed by atoms with Gasteiger partial charge in [-0.1, -0.05) is 17.3 Å². The first-order valence-corrected chi connectivity index (χ1v) is 9.59. The molecule has 1 amide bonds. The molecule has 2 aliphatic rings. The molecule has 1 aromatic carbocycles. The van der Waals surface area contributed by atoms with Gasteiger partial charge in [0.05, 0.1) is 5.69 Å². The number of nitrogens with zero attached hydrogens (tertiary/aromatic N) is 3. The van der Waals surface area contributed by atoms with E-state index in [9.17, 15) is 9.18 Å². The van der Waals surface area contributed by atoms with E-state index in [4.69, 9.17) is 4.52 Å². The molecule has 0 unspecified atom stereocenters. The Morgan fingerprint density at radius 3 is 2.75 bits per heavy atom. The number of benzene rings is 1. The topological polar surface area (TPSA) is 49.6 Å². The maximum absolute atomic E-state index is 13.7. The van der Waals surface area contributed by atoms with Crippen molar-refractivity contribution in [1.29, 1.82) is 0 Å². The van der Waals surface area contributed by atoms with Crippen molar-refractivity contribution in [2.24, 2.45) is 11.8 Å². The molecular formula is C21H27ClFN3O2. The lowest BCUT2D eigenvalue weighted by atomic mass is 9.89. The van der Waals surface area contributed by atoms with Gasteiger partial charge in [0.1, 0.15) is 11.6 Å². The molecule has 152 valence electrons. The number of fused-ring (bicyclic) bond motifs is 1. The molecule has 0 bridgehead atoms. The zero-order valence-electron chi connectivity index (χ0n) is 16.5. The molecule has 7 heteroatoms. The maximum atomic E-state index is 13.7. The van der Waals surface area contributed by atoms with Crippen molar-refractivity contribution in [3.63, 3.8) is 0 Å². The third-order valence-electron chi connectivity index (χ3n) is 6.21. The highest BCUT2D eigenvalue weighted by Gasteiger charge is 2.47. The standard InChI is InChI=1S/C21H26FN3O2.ClH/c1-13-18(14(2)27-23-13)7-8-20(26)25-11-16-10-24(3)21(19(16)12-25)15-5-4-6-17(22)9-15;/h4-6,9,16,19,21H,7-8,10-12H2,1-3H3;1H/t16-,19+,21-;/m0./s1. The maximum Gasteiger partial charge on any atom is 0.222 e. The van der Waals surface area contributed by atoms with E-state index in [1.807, 2.05) is 24.8 Å². The van der Waals surface area contributed by atoms with Crippen molar-refractivity contribution in [2.45, 2.75) is 32.7 Å². The fraction of sp³-hybridized carbons (Fsp3) is 0.524. The second-order valence-electron chi connectivity index (χ2n) is 7.96. The molecule has 3 heterocycles. The molecule has 0 spiro atoms. The zero-order valence-corrected chi connectivity index (χ0v) is 17.3. The molecule has 1 aromatic heterocycles. The number of rotatable bonds is 4. The van der Waals surface area contributed by atoms with Gasteiger partial charge in [0, 0.05) is 43.6 Å². The molecular weight excluding hydrogens is 381 g/mol. The van der Waals surface area contributed by atoms with E-state index in [1.165, 1.54) is 6.07 Å². The Morgan fingerprint density at radius 2 is 2.07 bits per heavy atom. The highest BCUT2D eigenvalue weighted by Crippen LogP contribution is 2.44. The summed E-state index contributed by atoms with van der Waals surface area (Å²) >= 11 is 0. The van der Waals surface area contributed by atoms with Crippen LogP contribution in [0.3, 0.4) is 0 Å². The summed E-state index contributed by atoms with van der Waals surface area (Å²) in [5.41, 5.74) is 2.92. The Hall–Kier alpha value is -1.92. The fourth-order valence-corrected chi connectivity index (χ4v) is 4.90. The summed E-state index contributed by atoms with van der Waals surface area (Å²) in [6.07, 6.45) is 1.14. The van der Waals surface area contributed by atoms with Crippen molar-refractivity contribution in [3.8, 4) is 0 Å². The van der Waals surface area contributed by atoms with E-state index in [2.05, 4.69) is 17.1 Å². The quantitative estimate of drug-likeness (QED) is 0.777. The van der Waals surface area contributed by atoms with Gasteiger partial charge in [-0.3, -0.25) is 9.69 Å². The van der Waals surface area contributed by atoms with Crippen LogP contribution < -0.4 is 0 Å². The number of amides is 1. The van der Waals surface area contributed by atoms with Gasteiger partial charge in [-0.15, -0.1) is 12.4 Å². The van der Waals surface area contributed by atoms with Crippen LogP contribution in [-0.2, 0) is 11.2 Å². The third kappa shape index (κ3) is 3.80. The molecule has 5 nitrogen and oxygen atoms in total. The van der Waals surface area contributed by atoms with Crippen LogP contribution in [0.4, 0.5) is 4.39 Å². The molecule has 0 aliphatic carbocycles. The average Bonchev–Trinajstić information content (AvgIpc) is 3.26. The molecule has 2 aromatic rings. The number of likely N-dealkylation sites (tertiary alicyclic amines) is 2. The Balaban J connectivity index is 0.00000225. The lowest BCUT2D eigenvalue weighted by Gasteiger charge is -2.27. The van der Waals surface area contributed by atoms with Crippen molar-refractivity contribution in [1.82, 2.24) is 15.0 Å². The normalized spacial score (nSPS) is 24.3. The molecule has 2 fully saturated rings. The van der Waals surface area contributed by atoms with Crippen molar-refractivity contribution in [3.05, 3.63) is 52.7 Å². The zero-order chi connectivity index (χ0) is 19.1.